The third kappa shape index (κ3) is 7.63. The number of rotatable bonds is 9. The van der Waals surface area contributed by atoms with Gasteiger partial charge in [-0.25, -0.2) is 0 Å². The largest absolute Gasteiger partial charge is 0.416 e. The second-order valence-electron chi connectivity index (χ2n) is 6.19. The maximum Gasteiger partial charge on any atom is 0.416 e. The van der Waals surface area contributed by atoms with E-state index in [0.717, 1.165) is 18.2 Å². The quantitative estimate of drug-likeness (QED) is 0.627. The second-order valence-corrected chi connectivity index (χ2v) is 6.19. The standard InChI is InChI=1S/C20H21F3N4O3/c1-30-12-11-27(14-17-3-2-10-25-26-17)19(29)13-24-18(28)9-6-15-4-7-16(8-5-15)20(21,22)23/h2-10H,11-14H2,1H3,(H,24,28)/b9-6+. The Morgan fingerprint density at radius 1 is 1.20 bits per heavy atom. The van der Waals surface area contributed by atoms with Gasteiger partial charge in [-0.1, -0.05) is 12.1 Å². The molecule has 30 heavy (non-hydrogen) atoms. The number of amides is 2. The SMILES string of the molecule is COCCN(Cc1cccnn1)C(=O)CNC(=O)/C=C/c1ccc(C(F)(F)F)cc1. The molecule has 10 heteroatoms. The van der Waals surface area contributed by atoms with Crippen LogP contribution in [-0.2, 0) is 27.0 Å². The number of methoxy groups -OCH3 is 1. The summed E-state index contributed by atoms with van der Waals surface area (Å²) in [6.07, 6.45) is -0.381. The topological polar surface area (TPSA) is 84.4 Å². The molecule has 0 aliphatic rings. The second kappa shape index (κ2) is 11.1. The highest BCUT2D eigenvalue weighted by Crippen LogP contribution is 2.29. The fourth-order valence-electron chi connectivity index (χ4n) is 2.40. The van der Waals surface area contributed by atoms with Gasteiger partial charge in [-0.05, 0) is 35.9 Å². The van der Waals surface area contributed by atoms with Crippen LogP contribution in [0.5, 0.6) is 0 Å². The summed E-state index contributed by atoms with van der Waals surface area (Å²) in [6, 6.07) is 7.80. The molecule has 0 spiro atoms. The predicted octanol–water partition coefficient (Wildman–Crippen LogP) is 2.30. The van der Waals surface area contributed by atoms with Gasteiger partial charge in [-0.15, -0.1) is 0 Å². The summed E-state index contributed by atoms with van der Waals surface area (Å²) in [5.74, 6) is -0.886. The summed E-state index contributed by atoms with van der Waals surface area (Å²) >= 11 is 0. The van der Waals surface area contributed by atoms with E-state index in [2.05, 4.69) is 15.5 Å². The normalized spacial score (nSPS) is 11.5. The number of halogens is 3. The number of benzene rings is 1. The van der Waals surface area contributed by atoms with Crippen molar-refractivity contribution in [2.45, 2.75) is 12.7 Å². The minimum atomic E-state index is -4.42. The lowest BCUT2D eigenvalue weighted by Crippen LogP contribution is -2.41. The Balaban J connectivity index is 1.89. The van der Waals surface area contributed by atoms with Crippen LogP contribution >= 0.6 is 0 Å². The van der Waals surface area contributed by atoms with Gasteiger partial charge in [0.2, 0.25) is 11.8 Å². The van der Waals surface area contributed by atoms with E-state index >= 15 is 0 Å². The molecule has 0 saturated heterocycles. The molecule has 0 radical (unpaired) electrons. The zero-order chi connectivity index (χ0) is 22.0. The molecule has 0 aliphatic heterocycles. The first-order valence-electron chi connectivity index (χ1n) is 8.96. The average Bonchev–Trinajstić information content (AvgIpc) is 2.73. The highest BCUT2D eigenvalue weighted by Gasteiger charge is 2.29. The van der Waals surface area contributed by atoms with Crippen LogP contribution in [0.15, 0.2) is 48.7 Å². The zero-order valence-corrected chi connectivity index (χ0v) is 16.2. The number of hydrogen-bond donors (Lipinski definition) is 1. The molecule has 0 fully saturated rings. The van der Waals surface area contributed by atoms with E-state index in [9.17, 15) is 22.8 Å². The van der Waals surface area contributed by atoms with E-state index in [1.54, 1.807) is 12.1 Å². The summed E-state index contributed by atoms with van der Waals surface area (Å²) in [4.78, 5) is 25.9. The van der Waals surface area contributed by atoms with Crippen molar-refractivity contribution in [2.75, 3.05) is 26.8 Å². The lowest BCUT2D eigenvalue weighted by atomic mass is 10.1. The van der Waals surface area contributed by atoms with Gasteiger partial charge in [0.1, 0.15) is 0 Å². The van der Waals surface area contributed by atoms with Gasteiger partial charge < -0.3 is 15.0 Å². The van der Waals surface area contributed by atoms with Gasteiger partial charge in [0.15, 0.2) is 0 Å². The highest BCUT2D eigenvalue weighted by atomic mass is 19.4. The van der Waals surface area contributed by atoms with E-state index in [0.29, 0.717) is 24.4 Å². The van der Waals surface area contributed by atoms with Crippen LogP contribution in [0.3, 0.4) is 0 Å². The third-order valence-electron chi connectivity index (χ3n) is 3.98. The molecular weight excluding hydrogens is 401 g/mol. The number of nitrogens with one attached hydrogen (secondary N) is 1. The summed E-state index contributed by atoms with van der Waals surface area (Å²) in [6.45, 7) is 0.588. The van der Waals surface area contributed by atoms with E-state index in [1.807, 2.05) is 0 Å². The lowest BCUT2D eigenvalue weighted by molar-refractivity contribution is -0.137. The van der Waals surface area contributed by atoms with Crippen LogP contribution < -0.4 is 5.32 Å². The zero-order valence-electron chi connectivity index (χ0n) is 16.2. The van der Waals surface area contributed by atoms with E-state index in [-0.39, 0.29) is 19.0 Å². The van der Waals surface area contributed by atoms with Crippen LogP contribution in [0, 0.1) is 0 Å². The first-order valence-corrected chi connectivity index (χ1v) is 8.96. The van der Waals surface area contributed by atoms with Crippen molar-refractivity contribution in [2.24, 2.45) is 0 Å². The van der Waals surface area contributed by atoms with E-state index in [1.165, 1.54) is 36.4 Å². The number of aromatic nitrogens is 2. The monoisotopic (exact) mass is 422 g/mol. The summed E-state index contributed by atoms with van der Waals surface area (Å²) in [5, 5.41) is 10.2. The van der Waals surface area contributed by atoms with Gasteiger partial charge in [0.25, 0.3) is 0 Å². The molecule has 1 N–H and O–H groups in total. The number of carbonyl (C=O) groups is 2. The molecule has 160 valence electrons. The number of carbonyl (C=O) groups excluding carboxylic acids is 2. The molecule has 1 aromatic heterocycles. The Labute approximate surface area is 171 Å². The molecule has 1 aromatic carbocycles. The maximum atomic E-state index is 12.6. The van der Waals surface area contributed by atoms with Crippen LogP contribution in [0.4, 0.5) is 13.2 Å². The van der Waals surface area contributed by atoms with Crippen molar-refractivity contribution < 1.29 is 27.5 Å². The molecule has 2 amide bonds. The number of alkyl halides is 3. The van der Waals surface area contributed by atoms with Crippen LogP contribution in [0.25, 0.3) is 6.08 Å². The van der Waals surface area contributed by atoms with Crippen molar-refractivity contribution in [3.63, 3.8) is 0 Å². The van der Waals surface area contributed by atoms with Crippen molar-refractivity contribution >= 4 is 17.9 Å². The maximum absolute atomic E-state index is 12.6. The van der Waals surface area contributed by atoms with Gasteiger partial charge in [0.05, 0.1) is 31.0 Å². The Morgan fingerprint density at radius 2 is 1.93 bits per heavy atom. The van der Waals surface area contributed by atoms with E-state index < -0.39 is 17.6 Å². The summed E-state index contributed by atoms with van der Waals surface area (Å²) < 4.78 is 42.7. The van der Waals surface area contributed by atoms with Crippen molar-refractivity contribution in [1.29, 1.82) is 0 Å². The molecule has 0 unspecified atom stereocenters. The van der Waals surface area contributed by atoms with Gasteiger partial charge in [-0.2, -0.15) is 23.4 Å². The summed E-state index contributed by atoms with van der Waals surface area (Å²) in [7, 11) is 1.51. The van der Waals surface area contributed by atoms with Crippen LogP contribution in [-0.4, -0.2) is 53.7 Å². The molecule has 1 heterocycles. The average molecular weight is 422 g/mol. The lowest BCUT2D eigenvalue weighted by Gasteiger charge is -2.21. The molecule has 0 saturated carbocycles. The number of nitrogens with zero attached hydrogens (tertiary/aromatic N) is 3. The minimum Gasteiger partial charge on any atom is -0.383 e. The summed E-state index contributed by atoms with van der Waals surface area (Å²) in [5.41, 5.74) is 0.248. The van der Waals surface area contributed by atoms with Gasteiger partial charge in [-0.3, -0.25) is 9.59 Å². The van der Waals surface area contributed by atoms with Crippen molar-refractivity contribution in [3.8, 4) is 0 Å². The Morgan fingerprint density at radius 3 is 2.53 bits per heavy atom. The third-order valence-corrected chi connectivity index (χ3v) is 3.98. The fraction of sp³-hybridized carbons (Fsp3) is 0.300. The molecule has 2 aromatic rings. The molecule has 0 atom stereocenters. The highest BCUT2D eigenvalue weighted by molar-refractivity contribution is 5.94. The Hall–Kier alpha value is -3.27. The Bertz CT molecular complexity index is 856. The number of ether oxygens (including phenoxy) is 1. The smallest absolute Gasteiger partial charge is 0.383 e. The Kier molecular flexibility index (Phi) is 8.48. The van der Waals surface area contributed by atoms with E-state index in [4.69, 9.17) is 4.74 Å². The minimum absolute atomic E-state index is 0.216. The molecule has 0 aliphatic carbocycles. The van der Waals surface area contributed by atoms with Crippen molar-refractivity contribution in [1.82, 2.24) is 20.4 Å². The number of hydrogen-bond acceptors (Lipinski definition) is 5. The molecule has 0 bridgehead atoms. The predicted molar refractivity (Wildman–Crippen MR) is 103 cm³/mol. The van der Waals surface area contributed by atoms with Crippen LogP contribution in [0.2, 0.25) is 0 Å². The first-order chi connectivity index (χ1) is 14.3. The van der Waals surface area contributed by atoms with Gasteiger partial charge >= 0.3 is 6.18 Å². The van der Waals surface area contributed by atoms with Crippen LogP contribution in [0.1, 0.15) is 16.8 Å². The first kappa shape index (κ1) is 23.0. The van der Waals surface area contributed by atoms with Crippen molar-refractivity contribution in [3.05, 3.63) is 65.5 Å². The molecule has 7 nitrogen and oxygen atoms in total. The fourth-order valence-corrected chi connectivity index (χ4v) is 2.40. The molecular formula is C20H21F3N4O3. The molecule has 2 rings (SSSR count). The van der Waals surface area contributed by atoms with Gasteiger partial charge in [0, 0.05) is 25.9 Å².